The van der Waals surface area contributed by atoms with Gasteiger partial charge in [0, 0.05) is 18.5 Å². The zero-order chi connectivity index (χ0) is 42.0. The number of alkyl carbamates (subject to hydrolysis) is 2. The average Bonchev–Trinajstić information content (AvgIpc) is 4.08. The molecule has 3 aromatic carbocycles. The number of aromatic nitrogens is 4. The van der Waals surface area contributed by atoms with Crippen molar-refractivity contribution in [2.75, 3.05) is 27.3 Å². The van der Waals surface area contributed by atoms with Crippen LogP contribution < -0.4 is 10.6 Å². The molecule has 4 N–H and O–H groups in total. The largest absolute Gasteiger partial charge is 0.453 e. The van der Waals surface area contributed by atoms with Gasteiger partial charge in [0.1, 0.15) is 23.7 Å². The predicted molar refractivity (Wildman–Crippen MR) is 221 cm³/mol. The maximum absolute atomic E-state index is 13.6. The molecule has 0 unspecified atom stereocenters. The summed E-state index contributed by atoms with van der Waals surface area (Å²) >= 11 is 0. The van der Waals surface area contributed by atoms with E-state index in [2.05, 4.69) is 62.0 Å². The predicted octanol–water partition coefficient (Wildman–Crippen LogP) is 6.55. The second-order valence-electron chi connectivity index (χ2n) is 15.8. The third kappa shape index (κ3) is 8.54. The molecule has 4 atom stereocenters. The normalized spacial score (nSPS) is 17.7. The molecule has 2 aliphatic rings. The molecule has 2 aromatic heterocycles. The average molecular weight is 803 g/mol. The van der Waals surface area contributed by atoms with Crippen molar-refractivity contribution in [3.8, 4) is 33.6 Å². The molecule has 0 radical (unpaired) electrons. The number of fused-ring (bicyclic) bond motifs is 1. The number of aromatic amines is 2. The van der Waals surface area contributed by atoms with Gasteiger partial charge in [-0.25, -0.2) is 19.6 Å². The molecule has 0 bridgehead atoms. The number of nitrogens with one attached hydrogen (secondary N) is 4. The SMILES string of the molecule is COC(=O)N[C@H](C(=O)N1CCC[C@H]1c1ncc(-c2ccc3cc(-c4ccc(-c5cnc([C@@H]6CC(=O)CN6C(=O)[C@@H](NC(=O)OC)C(C)C)[nH]5)cc4)ccc3c2)[nH]1)C(C)C. The highest BCUT2D eigenvalue weighted by Gasteiger charge is 2.41. The molecular weight excluding hydrogens is 753 g/mol. The van der Waals surface area contributed by atoms with Gasteiger partial charge in [0.25, 0.3) is 0 Å². The summed E-state index contributed by atoms with van der Waals surface area (Å²) in [5.74, 6) is 0.289. The fraction of sp³-hybridized carbons (Fsp3) is 0.386. The zero-order valence-electron chi connectivity index (χ0n) is 34.1. The monoisotopic (exact) mass is 802 g/mol. The van der Waals surface area contributed by atoms with Gasteiger partial charge in [-0.15, -0.1) is 0 Å². The van der Waals surface area contributed by atoms with E-state index in [4.69, 9.17) is 14.5 Å². The lowest BCUT2D eigenvalue weighted by Gasteiger charge is -2.30. The van der Waals surface area contributed by atoms with Crippen LogP contribution in [-0.2, 0) is 23.9 Å². The zero-order valence-corrected chi connectivity index (χ0v) is 34.1. The molecule has 4 heterocycles. The summed E-state index contributed by atoms with van der Waals surface area (Å²) in [6.07, 6.45) is 3.91. The highest BCUT2D eigenvalue weighted by Crippen LogP contribution is 2.35. The van der Waals surface area contributed by atoms with E-state index in [1.54, 1.807) is 17.3 Å². The van der Waals surface area contributed by atoms with Gasteiger partial charge in [-0.1, -0.05) is 76.2 Å². The molecule has 4 amide bonds. The summed E-state index contributed by atoms with van der Waals surface area (Å²) in [6.45, 7) is 7.96. The maximum Gasteiger partial charge on any atom is 0.407 e. The molecule has 2 saturated heterocycles. The molecular formula is C44H50N8O7. The van der Waals surface area contributed by atoms with E-state index < -0.39 is 30.3 Å². The van der Waals surface area contributed by atoms with Crippen LogP contribution in [0.4, 0.5) is 9.59 Å². The van der Waals surface area contributed by atoms with Crippen LogP contribution in [-0.4, -0.2) is 98.9 Å². The first-order valence-corrected chi connectivity index (χ1v) is 19.9. The Bertz CT molecular complexity index is 2370. The standard InChI is InChI=1S/C44H50N8O7/c1-24(2)37(49-43(56)58-5)41(54)51-17-7-8-35(51)39-45-22-34(48-39)31-16-15-29-18-28(13-14-30(29)19-31)26-9-11-27(12-10-26)33-21-46-40(47-33)36-20-32(53)23-52(36)42(55)38(25(3)4)50-44(57)59-6/h9-16,18-19,21-22,24-25,35-38H,7-8,17,20,23H2,1-6H3,(H,45,48)(H,46,47)(H,49,56)(H,50,57)/t35-,36-,37-,38-/m0/s1. The lowest BCUT2D eigenvalue weighted by molar-refractivity contribution is -0.136. The smallest absolute Gasteiger partial charge is 0.407 e. The summed E-state index contributed by atoms with van der Waals surface area (Å²) < 4.78 is 9.48. The van der Waals surface area contributed by atoms with Gasteiger partial charge in [0.2, 0.25) is 11.8 Å². The molecule has 15 nitrogen and oxygen atoms in total. The minimum Gasteiger partial charge on any atom is -0.453 e. The van der Waals surface area contributed by atoms with Crippen molar-refractivity contribution < 1.29 is 33.4 Å². The highest BCUT2D eigenvalue weighted by atomic mass is 16.5. The van der Waals surface area contributed by atoms with Crippen molar-refractivity contribution >= 4 is 40.6 Å². The number of amides is 4. The van der Waals surface area contributed by atoms with E-state index in [0.29, 0.717) is 18.2 Å². The van der Waals surface area contributed by atoms with Crippen molar-refractivity contribution in [1.29, 1.82) is 0 Å². The van der Waals surface area contributed by atoms with Crippen LogP contribution in [0.25, 0.3) is 44.4 Å². The van der Waals surface area contributed by atoms with Crippen LogP contribution in [0.5, 0.6) is 0 Å². The number of imidazole rings is 2. The van der Waals surface area contributed by atoms with Crippen molar-refractivity contribution in [2.24, 2.45) is 11.8 Å². The Morgan fingerprint density at radius 2 is 1.17 bits per heavy atom. The molecule has 0 aliphatic carbocycles. The Labute approximate surface area is 342 Å². The third-order valence-electron chi connectivity index (χ3n) is 11.2. The second-order valence-corrected chi connectivity index (χ2v) is 15.8. The van der Waals surface area contributed by atoms with Crippen LogP contribution in [0.1, 0.15) is 70.7 Å². The minimum atomic E-state index is -0.851. The van der Waals surface area contributed by atoms with Crippen LogP contribution in [0.2, 0.25) is 0 Å². The number of hydrogen-bond donors (Lipinski definition) is 4. The molecule has 5 aromatic rings. The molecule has 59 heavy (non-hydrogen) atoms. The van der Waals surface area contributed by atoms with Gasteiger partial charge in [-0.2, -0.15) is 0 Å². The number of carbonyl (C=O) groups excluding carboxylic acids is 5. The van der Waals surface area contributed by atoms with Gasteiger partial charge in [-0.05, 0) is 64.3 Å². The van der Waals surface area contributed by atoms with Crippen LogP contribution >= 0.6 is 0 Å². The van der Waals surface area contributed by atoms with Gasteiger partial charge < -0.3 is 39.9 Å². The first-order chi connectivity index (χ1) is 28.3. The second kappa shape index (κ2) is 17.1. The van der Waals surface area contributed by atoms with E-state index in [0.717, 1.165) is 57.3 Å². The maximum atomic E-state index is 13.6. The first-order valence-electron chi connectivity index (χ1n) is 19.9. The fourth-order valence-electron chi connectivity index (χ4n) is 7.98. The van der Waals surface area contributed by atoms with E-state index >= 15 is 0 Å². The number of hydrogen-bond acceptors (Lipinski definition) is 9. The van der Waals surface area contributed by atoms with E-state index in [1.165, 1.54) is 19.1 Å². The third-order valence-corrected chi connectivity index (χ3v) is 11.2. The quantitative estimate of drug-likeness (QED) is 0.115. The number of rotatable bonds is 11. The molecule has 308 valence electrons. The Balaban J connectivity index is 1.03. The van der Waals surface area contributed by atoms with E-state index in [9.17, 15) is 24.0 Å². The summed E-state index contributed by atoms with van der Waals surface area (Å²) in [7, 11) is 2.52. The number of likely N-dealkylation sites (tertiary alicyclic amines) is 2. The van der Waals surface area contributed by atoms with Gasteiger partial charge in [-0.3, -0.25) is 14.4 Å². The number of benzene rings is 3. The number of carbonyl (C=O) groups is 5. The van der Waals surface area contributed by atoms with Crippen molar-refractivity contribution in [1.82, 2.24) is 40.4 Å². The molecule has 7 rings (SSSR count). The Morgan fingerprint density at radius 1 is 0.678 bits per heavy atom. The van der Waals surface area contributed by atoms with Crippen molar-refractivity contribution in [3.63, 3.8) is 0 Å². The van der Waals surface area contributed by atoms with Gasteiger partial charge >= 0.3 is 12.2 Å². The number of methoxy groups -OCH3 is 2. The molecule has 0 spiro atoms. The van der Waals surface area contributed by atoms with Crippen LogP contribution in [0, 0.1) is 11.8 Å². The fourth-order valence-corrected chi connectivity index (χ4v) is 7.98. The molecule has 2 fully saturated rings. The number of ketones is 1. The Morgan fingerprint density at radius 3 is 1.75 bits per heavy atom. The van der Waals surface area contributed by atoms with Gasteiger partial charge in [0.05, 0.1) is 56.6 Å². The van der Waals surface area contributed by atoms with Crippen LogP contribution in [0.15, 0.2) is 73.1 Å². The Kier molecular flexibility index (Phi) is 11.8. The highest BCUT2D eigenvalue weighted by molar-refractivity contribution is 5.94. The number of Topliss-reactive ketones (excluding diaryl/α,β-unsaturated/α-hetero) is 1. The van der Waals surface area contributed by atoms with Crippen molar-refractivity contribution in [3.05, 3.63) is 84.7 Å². The summed E-state index contributed by atoms with van der Waals surface area (Å²) in [5.41, 5.74) is 5.56. The van der Waals surface area contributed by atoms with Crippen LogP contribution in [0.3, 0.4) is 0 Å². The molecule has 0 saturated carbocycles. The Hall–Kier alpha value is -6.51. The molecule has 15 heteroatoms. The summed E-state index contributed by atoms with van der Waals surface area (Å²) in [6, 6.07) is 18.4. The number of nitrogens with zero attached hydrogens (tertiary/aromatic N) is 4. The lowest BCUT2D eigenvalue weighted by Crippen LogP contribution is -2.51. The minimum absolute atomic E-state index is 0.0565. The molecule has 2 aliphatic heterocycles. The number of H-pyrrole nitrogens is 2. The van der Waals surface area contributed by atoms with E-state index in [1.807, 2.05) is 52.0 Å². The lowest BCUT2D eigenvalue weighted by atomic mass is 9.98. The summed E-state index contributed by atoms with van der Waals surface area (Å²) in [4.78, 5) is 83.0. The number of ether oxygens (including phenoxy) is 2. The van der Waals surface area contributed by atoms with Crippen molar-refractivity contribution in [2.45, 2.75) is 71.1 Å². The topological polar surface area (TPSA) is 192 Å². The summed E-state index contributed by atoms with van der Waals surface area (Å²) in [5, 5.41) is 7.44. The van der Waals surface area contributed by atoms with E-state index in [-0.39, 0.29) is 48.4 Å². The first kappa shape index (κ1) is 40.7. The van der Waals surface area contributed by atoms with Gasteiger partial charge in [0.15, 0.2) is 5.78 Å².